The Balaban J connectivity index is 2.39. The molecule has 1 aliphatic rings. The Kier molecular flexibility index (Phi) is 3.33. The number of anilines is 1. The molecule has 1 aliphatic heterocycles. The number of carboxylic acids is 1. The summed E-state index contributed by atoms with van der Waals surface area (Å²) in [6.45, 7) is 1.77. The van der Waals surface area contributed by atoms with Crippen LogP contribution in [0.1, 0.15) is 30.1 Å². The molecule has 1 aromatic rings. The van der Waals surface area contributed by atoms with Crippen LogP contribution in [0.4, 0.5) is 10.1 Å². The number of hydrogen-bond acceptors (Lipinski definition) is 3. The van der Waals surface area contributed by atoms with Gasteiger partial charge in [0, 0.05) is 12.8 Å². The van der Waals surface area contributed by atoms with E-state index in [0.29, 0.717) is 0 Å². The van der Waals surface area contributed by atoms with Crippen LogP contribution in [0.2, 0.25) is 0 Å². The summed E-state index contributed by atoms with van der Waals surface area (Å²) in [6, 6.07) is 3.11. The lowest BCUT2D eigenvalue weighted by Gasteiger charge is -2.28. The normalized spacial score (nSPS) is 16.8. The van der Waals surface area contributed by atoms with E-state index in [4.69, 9.17) is 5.11 Å². The monoisotopic (exact) mass is 265 g/mol. The quantitative estimate of drug-likeness (QED) is 0.827. The summed E-state index contributed by atoms with van der Waals surface area (Å²) in [4.78, 5) is 35.1. The summed E-state index contributed by atoms with van der Waals surface area (Å²) < 4.78 is 13.8. The zero-order chi connectivity index (χ0) is 14.2. The smallest absolute Gasteiger partial charge is 0.335 e. The molecule has 0 aromatic heterocycles. The highest BCUT2D eigenvalue weighted by Gasteiger charge is 2.33. The van der Waals surface area contributed by atoms with Gasteiger partial charge in [0.1, 0.15) is 5.82 Å². The molecule has 1 saturated heterocycles. The molecular weight excluding hydrogens is 253 g/mol. The first-order chi connectivity index (χ1) is 8.90. The molecular formula is C13H12FNO4. The van der Waals surface area contributed by atoms with Gasteiger partial charge in [-0.05, 0) is 24.1 Å². The average Bonchev–Trinajstić information content (AvgIpc) is 2.29. The van der Waals surface area contributed by atoms with Crippen LogP contribution < -0.4 is 4.90 Å². The zero-order valence-electron chi connectivity index (χ0n) is 10.2. The molecule has 0 saturated carbocycles. The molecule has 0 radical (unpaired) electrons. The lowest BCUT2D eigenvalue weighted by atomic mass is 9.97. The van der Waals surface area contributed by atoms with Gasteiger partial charge in [0.15, 0.2) is 0 Å². The number of halogens is 1. The van der Waals surface area contributed by atoms with Crippen molar-refractivity contribution in [2.75, 3.05) is 4.90 Å². The average molecular weight is 265 g/mol. The van der Waals surface area contributed by atoms with E-state index in [1.807, 2.05) is 0 Å². The maximum Gasteiger partial charge on any atom is 0.335 e. The number of hydrogen-bond donors (Lipinski definition) is 1. The predicted octanol–water partition coefficient (Wildman–Crippen LogP) is 1.81. The lowest BCUT2D eigenvalue weighted by Crippen LogP contribution is -2.43. The molecule has 2 amide bonds. The van der Waals surface area contributed by atoms with Gasteiger partial charge in [-0.15, -0.1) is 0 Å². The van der Waals surface area contributed by atoms with Crippen LogP contribution in [0.3, 0.4) is 0 Å². The maximum atomic E-state index is 13.8. The second-order valence-corrected chi connectivity index (χ2v) is 4.61. The van der Waals surface area contributed by atoms with E-state index in [1.165, 1.54) is 6.07 Å². The molecule has 5 nitrogen and oxygen atoms in total. The number of benzene rings is 1. The fraction of sp³-hybridized carbons (Fsp3) is 0.308. The molecule has 0 aliphatic carbocycles. The Labute approximate surface area is 108 Å². The minimum absolute atomic E-state index is 0.0578. The van der Waals surface area contributed by atoms with Crippen molar-refractivity contribution in [2.24, 2.45) is 5.92 Å². The van der Waals surface area contributed by atoms with Gasteiger partial charge in [0.2, 0.25) is 11.8 Å². The summed E-state index contributed by atoms with van der Waals surface area (Å²) in [7, 11) is 0. The third-order valence-corrected chi connectivity index (χ3v) is 2.98. The highest BCUT2D eigenvalue weighted by Crippen LogP contribution is 2.27. The number of imide groups is 1. The fourth-order valence-corrected chi connectivity index (χ4v) is 2.08. The number of aromatic carboxylic acids is 1. The van der Waals surface area contributed by atoms with Crippen LogP contribution in [-0.2, 0) is 9.59 Å². The molecule has 1 heterocycles. The van der Waals surface area contributed by atoms with E-state index in [9.17, 15) is 18.8 Å². The number of carbonyl (C=O) groups excluding carboxylic acids is 2. The standard InChI is InChI=1S/C13H12FNO4/c1-7-4-11(16)15(12(17)5-7)10-3-2-8(13(18)19)6-9(10)14/h2-3,6-7H,4-5H2,1H3,(H,18,19). The molecule has 0 unspecified atom stereocenters. The number of carboxylic acid groups (broad SMARTS) is 1. The second kappa shape index (κ2) is 4.79. The fourth-order valence-electron chi connectivity index (χ4n) is 2.08. The summed E-state index contributed by atoms with van der Waals surface area (Å²) in [5.74, 6) is -3.15. The second-order valence-electron chi connectivity index (χ2n) is 4.61. The molecule has 0 atom stereocenters. The van der Waals surface area contributed by atoms with Gasteiger partial charge in [0.25, 0.3) is 0 Å². The first-order valence-corrected chi connectivity index (χ1v) is 5.78. The van der Waals surface area contributed by atoms with Crippen molar-refractivity contribution in [3.8, 4) is 0 Å². The first-order valence-electron chi connectivity index (χ1n) is 5.78. The molecule has 1 fully saturated rings. The third kappa shape index (κ3) is 2.47. The number of carbonyl (C=O) groups is 3. The van der Waals surface area contributed by atoms with E-state index < -0.39 is 23.6 Å². The Morgan fingerprint density at radius 1 is 1.32 bits per heavy atom. The van der Waals surface area contributed by atoms with Crippen LogP contribution >= 0.6 is 0 Å². The molecule has 0 spiro atoms. The topological polar surface area (TPSA) is 74.7 Å². The van der Waals surface area contributed by atoms with Gasteiger partial charge in [0.05, 0.1) is 11.3 Å². The Hall–Kier alpha value is -2.24. The maximum absolute atomic E-state index is 13.8. The van der Waals surface area contributed by atoms with Crippen molar-refractivity contribution in [3.05, 3.63) is 29.6 Å². The lowest BCUT2D eigenvalue weighted by molar-refractivity contribution is -0.130. The summed E-state index contributed by atoms with van der Waals surface area (Å²) in [5.41, 5.74) is -0.418. The summed E-state index contributed by atoms with van der Waals surface area (Å²) in [5, 5.41) is 8.74. The van der Waals surface area contributed by atoms with Gasteiger partial charge < -0.3 is 5.11 Å². The summed E-state index contributed by atoms with van der Waals surface area (Å²) in [6.07, 6.45) is 0.345. The number of rotatable bonds is 2. The number of nitrogens with zero attached hydrogens (tertiary/aromatic N) is 1. The molecule has 0 bridgehead atoms. The summed E-state index contributed by atoms with van der Waals surface area (Å²) >= 11 is 0. The third-order valence-electron chi connectivity index (χ3n) is 2.98. The van der Waals surface area contributed by atoms with Crippen molar-refractivity contribution in [1.82, 2.24) is 0 Å². The van der Waals surface area contributed by atoms with Gasteiger partial charge in [-0.3, -0.25) is 9.59 Å². The van der Waals surface area contributed by atoms with E-state index in [0.717, 1.165) is 17.0 Å². The zero-order valence-corrected chi connectivity index (χ0v) is 10.2. The molecule has 6 heteroatoms. The Morgan fingerprint density at radius 3 is 2.37 bits per heavy atom. The van der Waals surface area contributed by atoms with Crippen molar-refractivity contribution in [2.45, 2.75) is 19.8 Å². The minimum atomic E-state index is -1.27. The van der Waals surface area contributed by atoms with Crippen molar-refractivity contribution < 1.29 is 23.9 Å². The molecule has 100 valence electrons. The SMILES string of the molecule is CC1CC(=O)N(c2ccc(C(=O)O)cc2F)C(=O)C1. The van der Waals surface area contributed by atoms with Crippen molar-refractivity contribution in [1.29, 1.82) is 0 Å². The van der Waals surface area contributed by atoms with Gasteiger partial charge >= 0.3 is 5.97 Å². The van der Waals surface area contributed by atoms with E-state index >= 15 is 0 Å². The van der Waals surface area contributed by atoms with Crippen LogP contribution in [0.5, 0.6) is 0 Å². The molecule has 1 aromatic carbocycles. The highest BCUT2D eigenvalue weighted by atomic mass is 19.1. The van der Waals surface area contributed by atoms with Crippen LogP contribution in [0, 0.1) is 11.7 Å². The Bertz CT molecular complexity index is 552. The largest absolute Gasteiger partial charge is 0.478 e. The van der Waals surface area contributed by atoms with Gasteiger partial charge in [-0.25, -0.2) is 14.1 Å². The van der Waals surface area contributed by atoms with Crippen LogP contribution in [0.15, 0.2) is 18.2 Å². The first kappa shape index (κ1) is 13.2. The van der Waals surface area contributed by atoms with Crippen LogP contribution in [-0.4, -0.2) is 22.9 Å². The molecule has 2 rings (SSSR count). The van der Waals surface area contributed by atoms with Gasteiger partial charge in [-0.1, -0.05) is 6.92 Å². The predicted molar refractivity (Wildman–Crippen MR) is 64.3 cm³/mol. The number of piperidine rings is 1. The number of amides is 2. The van der Waals surface area contributed by atoms with E-state index in [2.05, 4.69) is 0 Å². The van der Waals surface area contributed by atoms with Crippen LogP contribution in [0.25, 0.3) is 0 Å². The molecule has 1 N–H and O–H groups in total. The van der Waals surface area contributed by atoms with E-state index in [1.54, 1.807) is 6.92 Å². The van der Waals surface area contributed by atoms with Gasteiger partial charge in [-0.2, -0.15) is 0 Å². The van der Waals surface area contributed by atoms with Crippen molar-refractivity contribution >= 4 is 23.5 Å². The van der Waals surface area contributed by atoms with E-state index in [-0.39, 0.29) is 30.0 Å². The highest BCUT2D eigenvalue weighted by molar-refractivity contribution is 6.16. The molecule has 19 heavy (non-hydrogen) atoms. The Morgan fingerprint density at radius 2 is 1.89 bits per heavy atom. The van der Waals surface area contributed by atoms with Crippen molar-refractivity contribution in [3.63, 3.8) is 0 Å². The minimum Gasteiger partial charge on any atom is -0.478 e.